The summed E-state index contributed by atoms with van der Waals surface area (Å²) >= 11 is 0. The summed E-state index contributed by atoms with van der Waals surface area (Å²) in [5.41, 5.74) is -1.69. The molecule has 6 heteroatoms. The topological polar surface area (TPSA) is 59.2 Å². The maximum Gasteiger partial charge on any atom is 0.266 e. The Balaban J connectivity index is 1.65. The molecule has 0 spiro atoms. The van der Waals surface area contributed by atoms with Crippen molar-refractivity contribution in [2.24, 2.45) is 5.92 Å². The first-order chi connectivity index (χ1) is 10.1. The molecule has 1 aromatic heterocycles. The molecule has 2 fully saturated rings. The minimum Gasteiger partial charge on any atom is -0.339 e. The lowest BCUT2D eigenvalue weighted by molar-refractivity contribution is -0.137. The molecule has 116 valence electrons. The van der Waals surface area contributed by atoms with E-state index < -0.39 is 5.67 Å². The van der Waals surface area contributed by atoms with E-state index in [9.17, 15) is 4.79 Å². The molecule has 1 saturated heterocycles. The van der Waals surface area contributed by atoms with Gasteiger partial charge in [0.1, 0.15) is 0 Å². The molecular formula is C15H22FN3O2. The predicted octanol–water partition coefficient (Wildman–Crippen LogP) is 2.75. The van der Waals surface area contributed by atoms with E-state index >= 15 is 4.39 Å². The summed E-state index contributed by atoms with van der Waals surface area (Å²) in [6, 6.07) is 0. The number of hydrogen-bond acceptors (Lipinski definition) is 4. The largest absolute Gasteiger partial charge is 0.339 e. The number of piperidine rings is 1. The molecule has 21 heavy (non-hydrogen) atoms. The zero-order valence-corrected chi connectivity index (χ0v) is 12.5. The molecule has 1 aliphatic carbocycles. The minimum atomic E-state index is -1.69. The van der Waals surface area contributed by atoms with E-state index in [1.165, 1.54) is 12.8 Å². The molecule has 1 unspecified atom stereocenters. The number of nitrogens with zero attached hydrogens (tertiary/aromatic N) is 3. The van der Waals surface area contributed by atoms with Gasteiger partial charge < -0.3 is 9.42 Å². The van der Waals surface area contributed by atoms with Crippen LogP contribution >= 0.6 is 0 Å². The van der Waals surface area contributed by atoms with Crippen molar-refractivity contribution in [3.8, 4) is 0 Å². The van der Waals surface area contributed by atoms with E-state index in [2.05, 4.69) is 10.1 Å². The fourth-order valence-electron chi connectivity index (χ4n) is 3.47. The maximum atomic E-state index is 15.1. The van der Waals surface area contributed by atoms with Crippen molar-refractivity contribution in [3.05, 3.63) is 11.7 Å². The highest BCUT2D eigenvalue weighted by atomic mass is 19.1. The minimum absolute atomic E-state index is 0.0124. The van der Waals surface area contributed by atoms with Gasteiger partial charge in [-0.25, -0.2) is 4.39 Å². The number of amides is 1. The molecule has 0 aromatic carbocycles. The summed E-state index contributed by atoms with van der Waals surface area (Å²) in [6.07, 6.45) is 6.21. The number of aromatic nitrogens is 2. The number of rotatable bonds is 3. The number of likely N-dealkylation sites (tertiary alicyclic amines) is 1. The molecule has 2 aliphatic rings. The van der Waals surface area contributed by atoms with Crippen LogP contribution < -0.4 is 0 Å². The van der Waals surface area contributed by atoms with Crippen LogP contribution in [0, 0.1) is 12.8 Å². The van der Waals surface area contributed by atoms with Crippen molar-refractivity contribution in [1.29, 1.82) is 0 Å². The van der Waals surface area contributed by atoms with Gasteiger partial charge in [0.05, 0.1) is 6.54 Å². The Labute approximate surface area is 123 Å². The SMILES string of the molecule is Cc1noc(C2(F)CCCN(C(=O)CC3CCCC3)C2)n1. The Bertz CT molecular complexity index is 513. The van der Waals surface area contributed by atoms with Crippen molar-refractivity contribution in [2.45, 2.75) is 57.5 Å². The quantitative estimate of drug-likeness (QED) is 0.860. The molecule has 3 rings (SSSR count). The second-order valence-electron chi connectivity index (χ2n) is 6.39. The van der Waals surface area contributed by atoms with Gasteiger partial charge in [-0.1, -0.05) is 18.0 Å². The first-order valence-corrected chi connectivity index (χ1v) is 7.84. The molecule has 1 amide bonds. The lowest BCUT2D eigenvalue weighted by Crippen LogP contribution is -2.46. The molecule has 5 nitrogen and oxygen atoms in total. The number of alkyl halides is 1. The fraction of sp³-hybridized carbons (Fsp3) is 0.800. The van der Waals surface area contributed by atoms with Crippen LogP contribution in [0.2, 0.25) is 0 Å². The van der Waals surface area contributed by atoms with Crippen molar-refractivity contribution in [3.63, 3.8) is 0 Å². The van der Waals surface area contributed by atoms with Crippen LogP contribution in [0.4, 0.5) is 4.39 Å². The third-order valence-corrected chi connectivity index (χ3v) is 4.64. The van der Waals surface area contributed by atoms with Gasteiger partial charge in [-0.2, -0.15) is 4.98 Å². The van der Waals surface area contributed by atoms with Crippen LogP contribution in [0.1, 0.15) is 56.7 Å². The zero-order valence-electron chi connectivity index (χ0n) is 12.5. The van der Waals surface area contributed by atoms with Crippen LogP contribution in [-0.2, 0) is 10.5 Å². The Morgan fingerprint density at radius 3 is 2.86 bits per heavy atom. The van der Waals surface area contributed by atoms with E-state index in [0.29, 0.717) is 37.5 Å². The normalized spacial score (nSPS) is 27.2. The molecule has 1 atom stereocenters. The van der Waals surface area contributed by atoms with E-state index in [-0.39, 0.29) is 18.3 Å². The molecule has 0 radical (unpaired) electrons. The Morgan fingerprint density at radius 2 is 2.19 bits per heavy atom. The Hall–Kier alpha value is -1.46. The number of carbonyl (C=O) groups is 1. The van der Waals surface area contributed by atoms with Crippen molar-refractivity contribution >= 4 is 5.91 Å². The van der Waals surface area contributed by atoms with Gasteiger partial charge in [-0.3, -0.25) is 4.79 Å². The zero-order chi connectivity index (χ0) is 14.9. The summed E-state index contributed by atoms with van der Waals surface area (Å²) < 4.78 is 20.0. The van der Waals surface area contributed by atoms with Gasteiger partial charge in [0, 0.05) is 13.0 Å². The van der Waals surface area contributed by atoms with Crippen LogP contribution in [0.15, 0.2) is 4.52 Å². The third-order valence-electron chi connectivity index (χ3n) is 4.64. The van der Waals surface area contributed by atoms with Crippen LogP contribution in [-0.4, -0.2) is 34.0 Å². The van der Waals surface area contributed by atoms with E-state index in [0.717, 1.165) is 12.8 Å². The molecule has 1 aromatic rings. The highest BCUT2D eigenvalue weighted by Crippen LogP contribution is 2.35. The van der Waals surface area contributed by atoms with Gasteiger partial charge in [0.2, 0.25) is 11.6 Å². The number of halogens is 1. The summed E-state index contributed by atoms with van der Waals surface area (Å²) in [6.45, 7) is 2.34. The standard InChI is InChI=1S/C15H22FN3O2/c1-11-17-14(21-18-11)15(16)7-4-8-19(10-15)13(20)9-12-5-2-3-6-12/h12H,2-10H2,1H3. The number of aryl methyl sites for hydroxylation is 1. The summed E-state index contributed by atoms with van der Waals surface area (Å²) in [4.78, 5) is 18.0. The molecule has 1 saturated carbocycles. The molecule has 2 heterocycles. The molecule has 0 bridgehead atoms. The van der Waals surface area contributed by atoms with E-state index in [1.54, 1.807) is 11.8 Å². The van der Waals surface area contributed by atoms with Crippen molar-refractivity contribution < 1.29 is 13.7 Å². The van der Waals surface area contributed by atoms with Crippen LogP contribution in [0.5, 0.6) is 0 Å². The molecule has 1 aliphatic heterocycles. The molecule has 0 N–H and O–H groups in total. The summed E-state index contributed by atoms with van der Waals surface area (Å²) in [5.74, 6) is 0.994. The first-order valence-electron chi connectivity index (χ1n) is 7.84. The van der Waals surface area contributed by atoms with Gasteiger partial charge >= 0.3 is 0 Å². The number of hydrogen-bond donors (Lipinski definition) is 0. The second-order valence-corrected chi connectivity index (χ2v) is 6.39. The average Bonchev–Trinajstić information content (AvgIpc) is 3.10. The van der Waals surface area contributed by atoms with Crippen molar-refractivity contribution in [2.75, 3.05) is 13.1 Å². The predicted molar refractivity (Wildman–Crippen MR) is 74.2 cm³/mol. The second kappa shape index (κ2) is 5.73. The van der Waals surface area contributed by atoms with Crippen LogP contribution in [0.25, 0.3) is 0 Å². The number of carbonyl (C=O) groups excluding carboxylic acids is 1. The van der Waals surface area contributed by atoms with Gasteiger partial charge in [-0.05, 0) is 38.5 Å². The lowest BCUT2D eigenvalue weighted by atomic mass is 9.93. The highest BCUT2D eigenvalue weighted by molar-refractivity contribution is 5.76. The lowest BCUT2D eigenvalue weighted by Gasteiger charge is -2.35. The fourth-order valence-corrected chi connectivity index (χ4v) is 3.47. The summed E-state index contributed by atoms with van der Waals surface area (Å²) in [7, 11) is 0. The van der Waals surface area contributed by atoms with Gasteiger partial charge in [0.25, 0.3) is 5.89 Å². The third kappa shape index (κ3) is 3.09. The maximum absolute atomic E-state index is 15.1. The Morgan fingerprint density at radius 1 is 1.43 bits per heavy atom. The smallest absolute Gasteiger partial charge is 0.266 e. The first kappa shape index (κ1) is 14.5. The monoisotopic (exact) mass is 295 g/mol. The molecular weight excluding hydrogens is 273 g/mol. The van der Waals surface area contributed by atoms with Gasteiger partial charge in [-0.15, -0.1) is 0 Å². The van der Waals surface area contributed by atoms with Gasteiger partial charge in [0.15, 0.2) is 5.82 Å². The Kier molecular flexibility index (Phi) is 3.95. The van der Waals surface area contributed by atoms with Crippen LogP contribution in [0.3, 0.4) is 0 Å². The summed E-state index contributed by atoms with van der Waals surface area (Å²) in [5, 5.41) is 3.66. The average molecular weight is 295 g/mol. The van der Waals surface area contributed by atoms with E-state index in [1.807, 2.05) is 0 Å². The van der Waals surface area contributed by atoms with E-state index in [4.69, 9.17) is 4.52 Å². The van der Waals surface area contributed by atoms with Crippen molar-refractivity contribution in [1.82, 2.24) is 15.0 Å². The highest BCUT2D eigenvalue weighted by Gasteiger charge is 2.43.